The monoisotopic (exact) mass is 296 g/mol. The van der Waals surface area contributed by atoms with Crippen LogP contribution in [-0.4, -0.2) is 9.97 Å². The Kier molecular flexibility index (Phi) is 4.12. The van der Waals surface area contributed by atoms with Crippen molar-refractivity contribution in [1.29, 1.82) is 0 Å². The van der Waals surface area contributed by atoms with Crippen molar-refractivity contribution in [2.24, 2.45) is 0 Å². The van der Waals surface area contributed by atoms with Gasteiger partial charge in [-0.2, -0.15) is 0 Å². The summed E-state index contributed by atoms with van der Waals surface area (Å²) in [5.74, 6) is 0.762. The van der Waals surface area contributed by atoms with E-state index in [0.29, 0.717) is 11.6 Å². The lowest BCUT2D eigenvalue weighted by Gasteiger charge is -2.12. The zero-order valence-corrected chi connectivity index (χ0v) is 12.0. The molecular weight excluding hydrogens is 284 g/mol. The van der Waals surface area contributed by atoms with E-state index in [-0.39, 0.29) is 0 Å². The van der Waals surface area contributed by atoms with Gasteiger partial charge in [-0.25, -0.2) is 9.97 Å². The van der Waals surface area contributed by atoms with Crippen molar-refractivity contribution in [3.63, 3.8) is 0 Å². The SMILES string of the molecule is Clc1ccc(OCc2ccccc2)c(-c2cncnc2)c1. The fourth-order valence-corrected chi connectivity index (χ4v) is 2.20. The van der Waals surface area contributed by atoms with Gasteiger partial charge in [0, 0.05) is 28.5 Å². The molecule has 4 heteroatoms. The molecule has 0 N–H and O–H groups in total. The molecule has 104 valence electrons. The van der Waals surface area contributed by atoms with E-state index in [1.807, 2.05) is 48.5 Å². The van der Waals surface area contributed by atoms with Crippen LogP contribution >= 0.6 is 11.6 Å². The van der Waals surface area contributed by atoms with Crippen molar-refractivity contribution in [1.82, 2.24) is 9.97 Å². The second-order valence-electron chi connectivity index (χ2n) is 4.54. The first-order valence-electron chi connectivity index (χ1n) is 6.54. The van der Waals surface area contributed by atoms with E-state index in [1.165, 1.54) is 6.33 Å². The fraction of sp³-hybridized carbons (Fsp3) is 0.0588. The number of rotatable bonds is 4. The molecule has 21 heavy (non-hydrogen) atoms. The molecule has 3 nitrogen and oxygen atoms in total. The summed E-state index contributed by atoms with van der Waals surface area (Å²) in [6, 6.07) is 15.6. The summed E-state index contributed by atoms with van der Waals surface area (Å²) in [6.45, 7) is 0.503. The van der Waals surface area contributed by atoms with Crippen molar-refractivity contribution in [3.05, 3.63) is 77.8 Å². The Hall–Kier alpha value is -2.39. The minimum atomic E-state index is 0.503. The molecule has 0 saturated heterocycles. The first kappa shape index (κ1) is 13.6. The molecule has 0 unspecified atom stereocenters. The van der Waals surface area contributed by atoms with Crippen LogP contribution in [0.2, 0.25) is 5.02 Å². The van der Waals surface area contributed by atoms with Crippen molar-refractivity contribution in [2.45, 2.75) is 6.61 Å². The Balaban J connectivity index is 1.88. The van der Waals surface area contributed by atoms with Gasteiger partial charge in [0.05, 0.1) is 0 Å². The predicted molar refractivity (Wildman–Crippen MR) is 83.3 cm³/mol. The predicted octanol–water partition coefficient (Wildman–Crippen LogP) is 4.38. The number of halogens is 1. The maximum absolute atomic E-state index is 6.09. The van der Waals surface area contributed by atoms with Gasteiger partial charge in [-0.15, -0.1) is 0 Å². The number of nitrogens with zero attached hydrogens (tertiary/aromatic N) is 2. The molecule has 3 aromatic rings. The van der Waals surface area contributed by atoms with Gasteiger partial charge in [0.1, 0.15) is 18.7 Å². The van der Waals surface area contributed by atoms with Crippen LogP contribution in [0.5, 0.6) is 5.75 Å². The first-order chi connectivity index (χ1) is 10.3. The molecule has 0 atom stereocenters. The van der Waals surface area contributed by atoms with E-state index in [1.54, 1.807) is 12.4 Å². The molecular formula is C17H13ClN2O. The molecule has 0 bridgehead atoms. The van der Waals surface area contributed by atoms with Crippen LogP contribution in [0.3, 0.4) is 0 Å². The van der Waals surface area contributed by atoms with Crippen molar-refractivity contribution >= 4 is 11.6 Å². The highest BCUT2D eigenvalue weighted by molar-refractivity contribution is 6.31. The summed E-state index contributed by atoms with van der Waals surface area (Å²) in [5.41, 5.74) is 2.88. The summed E-state index contributed by atoms with van der Waals surface area (Å²) in [6.07, 6.45) is 4.99. The number of hydrogen-bond acceptors (Lipinski definition) is 3. The molecule has 0 radical (unpaired) electrons. The van der Waals surface area contributed by atoms with E-state index in [2.05, 4.69) is 9.97 Å². The van der Waals surface area contributed by atoms with Gasteiger partial charge in [0.2, 0.25) is 0 Å². The van der Waals surface area contributed by atoms with Crippen LogP contribution in [0.1, 0.15) is 5.56 Å². The molecule has 2 aromatic carbocycles. The van der Waals surface area contributed by atoms with E-state index >= 15 is 0 Å². The highest BCUT2D eigenvalue weighted by Gasteiger charge is 2.08. The standard InChI is InChI=1S/C17H13ClN2O/c18-15-6-7-17(21-11-13-4-2-1-3-5-13)16(8-15)14-9-19-12-20-10-14/h1-10,12H,11H2. The summed E-state index contributed by atoms with van der Waals surface area (Å²) < 4.78 is 5.92. The second-order valence-corrected chi connectivity index (χ2v) is 4.98. The maximum Gasteiger partial charge on any atom is 0.127 e. The quantitative estimate of drug-likeness (QED) is 0.717. The lowest BCUT2D eigenvalue weighted by Crippen LogP contribution is -1.97. The lowest BCUT2D eigenvalue weighted by molar-refractivity contribution is 0.307. The van der Waals surface area contributed by atoms with Crippen molar-refractivity contribution < 1.29 is 4.74 Å². The topological polar surface area (TPSA) is 35.0 Å². The lowest BCUT2D eigenvalue weighted by atomic mass is 10.1. The molecule has 0 aliphatic rings. The normalized spacial score (nSPS) is 10.3. The smallest absolute Gasteiger partial charge is 0.127 e. The van der Waals surface area contributed by atoms with Crippen LogP contribution in [-0.2, 0) is 6.61 Å². The van der Waals surface area contributed by atoms with Crippen molar-refractivity contribution in [2.75, 3.05) is 0 Å². The maximum atomic E-state index is 6.09. The third kappa shape index (κ3) is 3.38. The molecule has 1 aromatic heterocycles. The van der Waals surface area contributed by atoms with Crippen LogP contribution in [0.4, 0.5) is 0 Å². The molecule has 3 rings (SSSR count). The highest BCUT2D eigenvalue weighted by atomic mass is 35.5. The van der Waals surface area contributed by atoms with E-state index in [9.17, 15) is 0 Å². The molecule has 0 saturated carbocycles. The average Bonchev–Trinajstić information content (AvgIpc) is 2.55. The third-order valence-corrected chi connectivity index (χ3v) is 3.29. The number of hydrogen-bond donors (Lipinski definition) is 0. The van der Waals surface area contributed by atoms with Gasteiger partial charge in [0.25, 0.3) is 0 Å². The largest absolute Gasteiger partial charge is 0.488 e. The Bertz CT molecular complexity index is 717. The Morgan fingerprint density at radius 3 is 2.48 bits per heavy atom. The summed E-state index contributed by atoms with van der Waals surface area (Å²) >= 11 is 6.09. The number of benzene rings is 2. The molecule has 0 spiro atoms. The Labute approximate surface area is 128 Å². The Morgan fingerprint density at radius 1 is 0.952 bits per heavy atom. The van der Waals surface area contributed by atoms with Crippen LogP contribution < -0.4 is 4.74 Å². The molecule has 0 aliphatic carbocycles. The minimum Gasteiger partial charge on any atom is -0.488 e. The average molecular weight is 297 g/mol. The van der Waals surface area contributed by atoms with E-state index in [4.69, 9.17) is 16.3 Å². The zero-order valence-electron chi connectivity index (χ0n) is 11.2. The van der Waals surface area contributed by atoms with Crippen LogP contribution in [0.15, 0.2) is 67.3 Å². The number of ether oxygens (including phenoxy) is 1. The highest BCUT2D eigenvalue weighted by Crippen LogP contribution is 2.32. The molecule has 1 heterocycles. The summed E-state index contributed by atoms with van der Waals surface area (Å²) in [5, 5.41) is 0.654. The van der Waals surface area contributed by atoms with Gasteiger partial charge in [-0.1, -0.05) is 41.9 Å². The molecule has 0 amide bonds. The second kappa shape index (κ2) is 6.37. The van der Waals surface area contributed by atoms with Crippen molar-refractivity contribution in [3.8, 4) is 16.9 Å². The van der Waals surface area contributed by atoms with E-state index in [0.717, 1.165) is 22.4 Å². The molecule has 0 fully saturated rings. The fourth-order valence-electron chi connectivity index (χ4n) is 2.03. The Morgan fingerprint density at radius 2 is 1.71 bits per heavy atom. The van der Waals surface area contributed by atoms with Crippen LogP contribution in [0, 0.1) is 0 Å². The van der Waals surface area contributed by atoms with Gasteiger partial charge in [0.15, 0.2) is 0 Å². The number of aromatic nitrogens is 2. The van der Waals surface area contributed by atoms with Gasteiger partial charge in [-0.3, -0.25) is 0 Å². The van der Waals surface area contributed by atoms with Gasteiger partial charge >= 0.3 is 0 Å². The van der Waals surface area contributed by atoms with Crippen LogP contribution in [0.25, 0.3) is 11.1 Å². The minimum absolute atomic E-state index is 0.503. The first-order valence-corrected chi connectivity index (χ1v) is 6.92. The third-order valence-electron chi connectivity index (χ3n) is 3.05. The zero-order chi connectivity index (χ0) is 14.5. The van der Waals surface area contributed by atoms with E-state index < -0.39 is 0 Å². The summed E-state index contributed by atoms with van der Waals surface area (Å²) in [4.78, 5) is 8.08. The molecule has 0 aliphatic heterocycles. The van der Waals surface area contributed by atoms with Gasteiger partial charge < -0.3 is 4.74 Å². The van der Waals surface area contributed by atoms with Gasteiger partial charge in [-0.05, 0) is 23.8 Å². The summed E-state index contributed by atoms with van der Waals surface area (Å²) in [7, 11) is 0.